The highest BCUT2D eigenvalue weighted by atomic mass is 16.5. The zero-order valence-electron chi connectivity index (χ0n) is 28.0. The van der Waals surface area contributed by atoms with E-state index in [1.165, 1.54) is 6.92 Å². The molecule has 0 aromatic heterocycles. The number of esters is 1. The molecule has 2 aromatic carbocycles. The minimum absolute atomic E-state index is 0.0808. The molecule has 11 heteroatoms. The highest BCUT2D eigenvalue weighted by Gasteiger charge is 2.34. The highest BCUT2D eigenvalue weighted by molar-refractivity contribution is 5.86. The van der Waals surface area contributed by atoms with Gasteiger partial charge in [0.15, 0.2) is 11.5 Å². The van der Waals surface area contributed by atoms with E-state index in [0.717, 1.165) is 11.1 Å². The number of anilines is 1. The van der Waals surface area contributed by atoms with Crippen molar-refractivity contribution in [2.24, 2.45) is 11.8 Å². The minimum atomic E-state index is -0.656. The topological polar surface area (TPSA) is 132 Å². The molecule has 2 amide bonds. The highest BCUT2D eigenvalue weighted by Crippen LogP contribution is 2.50. The minimum Gasteiger partial charge on any atom is -0.493 e. The van der Waals surface area contributed by atoms with Crippen LogP contribution in [0.25, 0.3) is 11.1 Å². The van der Waals surface area contributed by atoms with Gasteiger partial charge in [-0.25, -0.2) is 0 Å². The third-order valence-electron chi connectivity index (χ3n) is 9.13. The first-order valence-corrected chi connectivity index (χ1v) is 16.1. The van der Waals surface area contributed by atoms with Crippen LogP contribution >= 0.6 is 0 Å². The lowest BCUT2D eigenvalue weighted by molar-refractivity contribution is -0.151. The Morgan fingerprint density at radius 3 is 2.26 bits per heavy atom. The Bertz CT molecular complexity index is 1500. The van der Waals surface area contributed by atoms with Gasteiger partial charge in [-0.3, -0.25) is 19.2 Å². The number of fused-ring (bicyclic) bond motifs is 3. The second-order valence-electron chi connectivity index (χ2n) is 12.0. The number of benzene rings is 1. The van der Waals surface area contributed by atoms with Crippen molar-refractivity contribution in [2.45, 2.75) is 71.9 Å². The Morgan fingerprint density at radius 1 is 0.978 bits per heavy atom. The van der Waals surface area contributed by atoms with Gasteiger partial charge in [0.2, 0.25) is 23.0 Å². The predicted molar refractivity (Wildman–Crippen MR) is 175 cm³/mol. The first-order chi connectivity index (χ1) is 22.1. The van der Waals surface area contributed by atoms with Crippen molar-refractivity contribution in [3.63, 3.8) is 0 Å². The molecule has 2 aliphatic rings. The second-order valence-corrected chi connectivity index (χ2v) is 12.0. The average Bonchev–Trinajstić information content (AvgIpc) is 3.30. The van der Waals surface area contributed by atoms with Gasteiger partial charge in [0.1, 0.15) is 6.04 Å². The largest absolute Gasteiger partial charge is 0.493 e. The van der Waals surface area contributed by atoms with Gasteiger partial charge in [0, 0.05) is 25.6 Å². The van der Waals surface area contributed by atoms with Gasteiger partial charge in [-0.1, -0.05) is 26.3 Å². The van der Waals surface area contributed by atoms with E-state index in [-0.39, 0.29) is 40.7 Å². The SMILES string of the molecule is CCOC(=O)C1CCN(C(=O)[C@@H](Nc2ccc3c(cc2=O)[C@@H](NC(C)=O)CCc2cc(OC)c(OC)c(OC)c2-3)[C@H](C)CC)CC1. The number of rotatable bonds is 11. The van der Waals surface area contributed by atoms with Crippen LogP contribution in [0.2, 0.25) is 0 Å². The van der Waals surface area contributed by atoms with Gasteiger partial charge >= 0.3 is 5.97 Å². The van der Waals surface area contributed by atoms with E-state index < -0.39 is 12.1 Å². The van der Waals surface area contributed by atoms with E-state index in [1.54, 1.807) is 45.3 Å². The molecule has 1 fully saturated rings. The maximum absolute atomic E-state index is 13.9. The summed E-state index contributed by atoms with van der Waals surface area (Å²) in [4.78, 5) is 54.1. The van der Waals surface area contributed by atoms with Gasteiger partial charge in [-0.15, -0.1) is 0 Å². The van der Waals surface area contributed by atoms with Crippen LogP contribution in [0.3, 0.4) is 0 Å². The van der Waals surface area contributed by atoms with Gasteiger partial charge in [0.05, 0.1) is 45.6 Å². The van der Waals surface area contributed by atoms with E-state index in [2.05, 4.69) is 10.6 Å². The van der Waals surface area contributed by atoms with Crippen molar-refractivity contribution in [3.8, 4) is 28.4 Å². The van der Waals surface area contributed by atoms with Crippen LogP contribution in [-0.4, -0.2) is 69.8 Å². The number of ether oxygens (including phenoxy) is 4. The molecule has 0 spiro atoms. The van der Waals surface area contributed by atoms with Crippen LogP contribution in [-0.2, 0) is 25.5 Å². The lowest BCUT2D eigenvalue weighted by Gasteiger charge is -2.35. The maximum atomic E-state index is 13.9. The number of likely N-dealkylation sites (tertiary alicyclic amines) is 1. The maximum Gasteiger partial charge on any atom is 0.309 e. The monoisotopic (exact) mass is 637 g/mol. The lowest BCUT2D eigenvalue weighted by Crippen LogP contribution is -2.50. The van der Waals surface area contributed by atoms with Crippen LogP contribution < -0.4 is 30.3 Å². The van der Waals surface area contributed by atoms with Gasteiger partial charge in [0.25, 0.3) is 0 Å². The number of nitrogens with one attached hydrogen (secondary N) is 2. The summed E-state index contributed by atoms with van der Waals surface area (Å²) >= 11 is 0. The van der Waals surface area contributed by atoms with Crippen LogP contribution in [0.15, 0.2) is 29.1 Å². The van der Waals surface area contributed by atoms with Crippen LogP contribution in [0.4, 0.5) is 5.69 Å². The van der Waals surface area contributed by atoms with Crippen LogP contribution in [0.1, 0.15) is 70.5 Å². The smallest absolute Gasteiger partial charge is 0.309 e. The van der Waals surface area contributed by atoms with Crippen molar-refractivity contribution < 1.29 is 33.3 Å². The number of carbonyl (C=O) groups excluding carboxylic acids is 3. The van der Waals surface area contributed by atoms with E-state index in [1.807, 2.05) is 26.0 Å². The summed E-state index contributed by atoms with van der Waals surface area (Å²) in [5.74, 6) is 0.576. The molecular weight excluding hydrogens is 590 g/mol. The first-order valence-electron chi connectivity index (χ1n) is 16.1. The van der Waals surface area contributed by atoms with Crippen molar-refractivity contribution in [2.75, 3.05) is 46.3 Å². The Hall–Kier alpha value is -4.28. The molecule has 1 saturated heterocycles. The molecule has 11 nitrogen and oxygen atoms in total. The third-order valence-corrected chi connectivity index (χ3v) is 9.13. The Balaban J connectivity index is 1.77. The fraction of sp³-hybridized carbons (Fsp3) is 0.543. The molecule has 0 bridgehead atoms. The Labute approximate surface area is 270 Å². The molecule has 1 aliphatic carbocycles. The number of nitrogens with zero attached hydrogens (tertiary/aromatic N) is 1. The summed E-state index contributed by atoms with van der Waals surface area (Å²) in [7, 11) is 4.66. The molecule has 0 radical (unpaired) electrons. The molecule has 1 heterocycles. The molecule has 46 heavy (non-hydrogen) atoms. The number of methoxy groups -OCH3 is 3. The van der Waals surface area contributed by atoms with E-state index >= 15 is 0 Å². The van der Waals surface area contributed by atoms with Crippen molar-refractivity contribution in [1.29, 1.82) is 0 Å². The summed E-state index contributed by atoms with van der Waals surface area (Å²) in [6.45, 7) is 8.45. The lowest BCUT2D eigenvalue weighted by atomic mass is 9.93. The first kappa shape index (κ1) is 34.6. The zero-order valence-corrected chi connectivity index (χ0v) is 28.0. The van der Waals surface area contributed by atoms with Gasteiger partial charge in [-0.05, 0) is 73.4 Å². The summed E-state index contributed by atoms with van der Waals surface area (Å²) in [6, 6.07) is 5.90. The predicted octanol–water partition coefficient (Wildman–Crippen LogP) is 4.49. The molecule has 4 rings (SSSR count). The number of piperidine rings is 1. The molecule has 0 saturated carbocycles. The molecule has 2 aromatic rings. The molecule has 3 atom stereocenters. The quantitative estimate of drug-likeness (QED) is 0.342. The standard InChI is InChI=1S/C35H47N3O8/c1-8-20(3)31(34(41)38-16-14-22(15-17-38)35(42)46-9-2)37-27-13-11-24-25(19-28(27)40)26(36-21(4)39)12-10-23-18-29(43-5)32(44-6)33(45-7)30(23)24/h11,13,18-20,22,26,31H,8-10,12,14-17H2,1-7H3,(H,36,39)(H,37,40)/t20-,26+,31+/m1/s1. The van der Waals surface area contributed by atoms with Gasteiger partial charge in [-0.2, -0.15) is 0 Å². The van der Waals surface area contributed by atoms with E-state index in [0.29, 0.717) is 80.2 Å². The average molecular weight is 638 g/mol. The van der Waals surface area contributed by atoms with Crippen LogP contribution in [0.5, 0.6) is 17.2 Å². The number of amides is 2. The van der Waals surface area contributed by atoms with Crippen molar-refractivity contribution in [1.82, 2.24) is 10.2 Å². The molecule has 2 N–H and O–H groups in total. The Morgan fingerprint density at radius 2 is 1.67 bits per heavy atom. The summed E-state index contributed by atoms with van der Waals surface area (Å²) in [6.07, 6.45) is 2.92. The normalized spacial score (nSPS) is 17.4. The Kier molecular flexibility index (Phi) is 11.5. The number of hydrogen-bond acceptors (Lipinski definition) is 9. The summed E-state index contributed by atoms with van der Waals surface area (Å²) < 4.78 is 22.4. The summed E-state index contributed by atoms with van der Waals surface area (Å²) in [5, 5.41) is 6.32. The molecule has 250 valence electrons. The molecular formula is C35H47N3O8. The molecule has 1 aliphatic heterocycles. The van der Waals surface area contributed by atoms with E-state index in [9.17, 15) is 19.2 Å². The van der Waals surface area contributed by atoms with Gasteiger partial charge < -0.3 is 34.5 Å². The second kappa shape index (κ2) is 15.3. The third kappa shape index (κ3) is 7.24. The number of carbonyl (C=O) groups is 3. The fourth-order valence-corrected chi connectivity index (χ4v) is 6.47. The van der Waals surface area contributed by atoms with Crippen molar-refractivity contribution >= 4 is 23.5 Å². The zero-order chi connectivity index (χ0) is 33.5. The summed E-state index contributed by atoms with van der Waals surface area (Å²) in [5.41, 5.74) is 3.00. The molecule has 0 unspecified atom stereocenters. The van der Waals surface area contributed by atoms with Crippen LogP contribution in [0, 0.1) is 11.8 Å². The van der Waals surface area contributed by atoms with E-state index in [4.69, 9.17) is 18.9 Å². The fourth-order valence-electron chi connectivity index (χ4n) is 6.47. The number of aryl methyl sites for hydroxylation is 1. The number of hydrogen-bond donors (Lipinski definition) is 2. The van der Waals surface area contributed by atoms with Crippen molar-refractivity contribution in [3.05, 3.63) is 45.6 Å².